The molecule has 0 aliphatic heterocycles. The number of carbonyl (C=O) groups is 1. The predicted molar refractivity (Wildman–Crippen MR) is 63.7 cm³/mol. The highest BCUT2D eigenvalue weighted by atomic mass is 32.2. The maximum atomic E-state index is 11.6. The minimum atomic E-state index is 0.323. The van der Waals surface area contributed by atoms with Gasteiger partial charge in [0, 0.05) is 12.3 Å². The number of rotatable bonds is 5. The van der Waals surface area contributed by atoms with E-state index in [-0.39, 0.29) is 0 Å². The summed E-state index contributed by atoms with van der Waals surface area (Å²) < 4.78 is 0. The van der Waals surface area contributed by atoms with Crippen molar-refractivity contribution < 1.29 is 4.79 Å². The molecule has 1 aliphatic carbocycles. The molecule has 0 bridgehead atoms. The first-order chi connectivity index (χ1) is 6.70. The maximum absolute atomic E-state index is 11.6. The first-order valence-electron chi connectivity index (χ1n) is 5.81. The second-order valence-electron chi connectivity index (χ2n) is 4.37. The van der Waals surface area contributed by atoms with E-state index in [1.807, 2.05) is 11.8 Å². The molecule has 3 atom stereocenters. The fourth-order valence-electron chi connectivity index (χ4n) is 2.33. The molecule has 2 heteroatoms. The molecule has 1 rings (SSSR count). The van der Waals surface area contributed by atoms with E-state index >= 15 is 0 Å². The third-order valence-corrected chi connectivity index (χ3v) is 4.72. The lowest BCUT2D eigenvalue weighted by molar-refractivity contribution is -0.120. The Kier molecular flexibility index (Phi) is 5.00. The molecule has 1 saturated carbocycles. The molecule has 14 heavy (non-hydrogen) atoms. The van der Waals surface area contributed by atoms with Gasteiger partial charge >= 0.3 is 0 Å². The van der Waals surface area contributed by atoms with Crippen LogP contribution in [0.5, 0.6) is 0 Å². The molecule has 0 saturated heterocycles. The van der Waals surface area contributed by atoms with Crippen LogP contribution >= 0.6 is 11.8 Å². The lowest BCUT2D eigenvalue weighted by Gasteiger charge is -2.19. The van der Waals surface area contributed by atoms with Crippen LogP contribution in [-0.4, -0.2) is 17.3 Å². The maximum Gasteiger partial charge on any atom is 0.136 e. The van der Waals surface area contributed by atoms with Crippen molar-refractivity contribution in [2.24, 2.45) is 17.8 Å². The van der Waals surface area contributed by atoms with Gasteiger partial charge in [-0.15, -0.1) is 0 Å². The summed E-state index contributed by atoms with van der Waals surface area (Å²) in [5.41, 5.74) is 0. The highest BCUT2D eigenvalue weighted by Crippen LogP contribution is 2.38. The zero-order valence-corrected chi connectivity index (χ0v) is 10.4. The first kappa shape index (κ1) is 12.1. The molecule has 0 radical (unpaired) electrons. The van der Waals surface area contributed by atoms with E-state index in [1.54, 1.807) is 0 Å². The number of hydrogen-bond donors (Lipinski definition) is 0. The van der Waals surface area contributed by atoms with Gasteiger partial charge < -0.3 is 0 Å². The van der Waals surface area contributed by atoms with Gasteiger partial charge in [-0.3, -0.25) is 4.79 Å². The van der Waals surface area contributed by atoms with Crippen LogP contribution in [0, 0.1) is 17.8 Å². The van der Waals surface area contributed by atoms with Crippen molar-refractivity contribution in [3.63, 3.8) is 0 Å². The summed E-state index contributed by atoms with van der Waals surface area (Å²) in [6.45, 7) is 6.55. The molecule has 3 unspecified atom stereocenters. The van der Waals surface area contributed by atoms with Gasteiger partial charge in [-0.1, -0.05) is 27.2 Å². The van der Waals surface area contributed by atoms with Crippen molar-refractivity contribution in [1.29, 1.82) is 0 Å². The average Bonchev–Trinajstić information content (AvgIpc) is 2.45. The smallest absolute Gasteiger partial charge is 0.136 e. The van der Waals surface area contributed by atoms with Crippen LogP contribution in [0.15, 0.2) is 0 Å². The van der Waals surface area contributed by atoms with E-state index in [0.717, 1.165) is 6.42 Å². The second kappa shape index (κ2) is 5.79. The average molecular weight is 214 g/mol. The number of ketones is 1. The van der Waals surface area contributed by atoms with Crippen molar-refractivity contribution in [2.45, 2.75) is 40.0 Å². The van der Waals surface area contributed by atoms with Crippen molar-refractivity contribution >= 4 is 17.5 Å². The van der Waals surface area contributed by atoms with E-state index in [9.17, 15) is 4.79 Å². The van der Waals surface area contributed by atoms with Gasteiger partial charge in [0.15, 0.2) is 0 Å². The van der Waals surface area contributed by atoms with Crippen LogP contribution in [-0.2, 0) is 4.79 Å². The Morgan fingerprint density at radius 2 is 2.14 bits per heavy atom. The van der Waals surface area contributed by atoms with Crippen LogP contribution in [0.1, 0.15) is 40.0 Å². The van der Waals surface area contributed by atoms with Crippen LogP contribution in [0.3, 0.4) is 0 Å². The predicted octanol–water partition coefficient (Wildman–Crippen LogP) is 3.38. The Labute approximate surface area is 92.0 Å². The molecule has 1 fully saturated rings. The lowest BCUT2D eigenvalue weighted by Crippen LogP contribution is -2.17. The topological polar surface area (TPSA) is 17.1 Å². The number of Topliss-reactive ketones (excluding diaryl/α,β-unsaturated/α-hetero) is 1. The third-order valence-electron chi connectivity index (χ3n) is 3.40. The summed E-state index contributed by atoms with van der Waals surface area (Å²) in [6.07, 6.45) is 3.26. The molecule has 0 aromatic heterocycles. The van der Waals surface area contributed by atoms with Gasteiger partial charge in [0.1, 0.15) is 5.78 Å². The van der Waals surface area contributed by atoms with Crippen LogP contribution in [0.2, 0.25) is 0 Å². The van der Waals surface area contributed by atoms with Gasteiger partial charge in [0.25, 0.3) is 0 Å². The second-order valence-corrected chi connectivity index (χ2v) is 5.52. The van der Waals surface area contributed by atoms with Crippen molar-refractivity contribution in [2.75, 3.05) is 11.5 Å². The lowest BCUT2D eigenvalue weighted by atomic mass is 9.90. The zero-order chi connectivity index (χ0) is 10.6. The van der Waals surface area contributed by atoms with Crippen LogP contribution in [0.25, 0.3) is 0 Å². The van der Waals surface area contributed by atoms with Crippen LogP contribution in [0.4, 0.5) is 0 Å². The van der Waals surface area contributed by atoms with E-state index < -0.39 is 0 Å². The molecule has 0 spiro atoms. The molecular formula is C12H22OS. The highest BCUT2D eigenvalue weighted by Gasteiger charge is 2.37. The van der Waals surface area contributed by atoms with Crippen molar-refractivity contribution in [1.82, 2.24) is 0 Å². The highest BCUT2D eigenvalue weighted by molar-refractivity contribution is 7.99. The summed E-state index contributed by atoms with van der Waals surface area (Å²) in [6, 6.07) is 0. The molecule has 0 heterocycles. The summed E-state index contributed by atoms with van der Waals surface area (Å²) >= 11 is 2.02. The largest absolute Gasteiger partial charge is 0.299 e. The molecule has 0 amide bonds. The third kappa shape index (κ3) is 2.75. The quantitative estimate of drug-likeness (QED) is 0.653. The van der Waals surface area contributed by atoms with Gasteiger partial charge in [0.2, 0.25) is 0 Å². The summed E-state index contributed by atoms with van der Waals surface area (Å²) in [5, 5.41) is 0. The minimum Gasteiger partial charge on any atom is -0.299 e. The van der Waals surface area contributed by atoms with E-state index in [2.05, 4.69) is 20.8 Å². The Bertz CT molecular complexity index is 191. The Morgan fingerprint density at radius 1 is 1.43 bits per heavy atom. The number of thioether (sulfide) groups is 1. The number of hydrogen-bond acceptors (Lipinski definition) is 2. The Morgan fingerprint density at radius 3 is 2.71 bits per heavy atom. The molecule has 1 aliphatic rings. The van der Waals surface area contributed by atoms with Gasteiger partial charge in [-0.25, -0.2) is 0 Å². The summed E-state index contributed by atoms with van der Waals surface area (Å²) in [4.78, 5) is 11.6. The van der Waals surface area contributed by atoms with Gasteiger partial charge in [-0.2, -0.15) is 11.8 Å². The van der Waals surface area contributed by atoms with Crippen molar-refractivity contribution in [3.8, 4) is 0 Å². The SMILES string of the molecule is CCCSCC1C(CC)CC(=O)C1C. The van der Waals surface area contributed by atoms with Crippen LogP contribution < -0.4 is 0 Å². The summed E-state index contributed by atoms with van der Waals surface area (Å²) in [5.74, 6) is 4.58. The molecular weight excluding hydrogens is 192 g/mol. The van der Waals surface area contributed by atoms with Gasteiger partial charge in [-0.05, 0) is 29.8 Å². The minimum absolute atomic E-state index is 0.323. The zero-order valence-electron chi connectivity index (χ0n) is 9.58. The van der Waals surface area contributed by atoms with Crippen molar-refractivity contribution in [3.05, 3.63) is 0 Å². The van der Waals surface area contributed by atoms with E-state index in [1.165, 1.54) is 24.3 Å². The monoisotopic (exact) mass is 214 g/mol. The molecule has 0 N–H and O–H groups in total. The van der Waals surface area contributed by atoms with Gasteiger partial charge in [0.05, 0.1) is 0 Å². The molecule has 82 valence electrons. The fourth-order valence-corrected chi connectivity index (χ4v) is 3.62. The first-order valence-corrected chi connectivity index (χ1v) is 6.96. The van der Waals surface area contributed by atoms with E-state index in [0.29, 0.717) is 23.5 Å². The molecule has 0 aromatic rings. The fraction of sp³-hybridized carbons (Fsp3) is 0.917. The number of carbonyl (C=O) groups excluding carboxylic acids is 1. The normalized spacial score (nSPS) is 32.5. The molecule has 1 nitrogen and oxygen atoms in total. The van der Waals surface area contributed by atoms with E-state index in [4.69, 9.17) is 0 Å². The summed E-state index contributed by atoms with van der Waals surface area (Å²) in [7, 11) is 0. The Hall–Kier alpha value is 0.0200. The standard InChI is InChI=1S/C12H22OS/c1-4-6-14-8-11-9(3)12(13)7-10(11)5-2/h9-11H,4-8H2,1-3H3. The Balaban J connectivity index is 2.42. The molecule has 0 aromatic carbocycles.